The van der Waals surface area contributed by atoms with E-state index in [1.807, 2.05) is 91.0 Å². The van der Waals surface area contributed by atoms with Gasteiger partial charge in [-0.15, -0.1) is 0 Å². The summed E-state index contributed by atoms with van der Waals surface area (Å²) in [6.07, 6.45) is 0. The molecule has 0 aliphatic carbocycles. The van der Waals surface area contributed by atoms with Crippen molar-refractivity contribution >= 4 is 21.5 Å². The second kappa shape index (κ2) is 11.1. The topological polar surface area (TPSA) is 25.8 Å². The molecule has 7 aromatic carbocycles. The van der Waals surface area contributed by atoms with E-state index in [0.29, 0.717) is 16.8 Å². The van der Waals surface area contributed by atoms with E-state index in [4.69, 9.17) is 22.3 Å². The van der Waals surface area contributed by atoms with E-state index in [0.717, 1.165) is 21.9 Å². The molecule has 0 amide bonds. The first-order valence-corrected chi connectivity index (χ1v) is 14.0. The molecule has 2 heteroatoms. The molecule has 0 N–H and O–H groups in total. The zero-order valence-corrected chi connectivity index (χ0v) is 23.2. The van der Waals surface area contributed by atoms with Gasteiger partial charge in [0, 0.05) is 16.7 Å². The minimum absolute atomic E-state index is 0.0859. The van der Waals surface area contributed by atoms with Crippen LogP contribution in [0.25, 0.3) is 77.7 Å². The zero-order valence-electron chi connectivity index (χ0n) is 34.2. The molecular formula is C42H28N2. The fourth-order valence-electron chi connectivity index (χ4n) is 5.35. The lowest BCUT2D eigenvalue weighted by Crippen LogP contribution is -1.97. The van der Waals surface area contributed by atoms with E-state index in [-0.39, 0.29) is 33.4 Å². The summed E-state index contributed by atoms with van der Waals surface area (Å²) in [6, 6.07) is 26.0. The molecule has 0 saturated carbocycles. The maximum atomic E-state index is 9.38. The van der Waals surface area contributed by atoms with Crippen molar-refractivity contribution in [3.05, 3.63) is 170 Å². The molecule has 0 aliphatic rings. The van der Waals surface area contributed by atoms with Gasteiger partial charge < -0.3 is 0 Å². The van der Waals surface area contributed by atoms with Crippen LogP contribution in [-0.4, -0.2) is 9.97 Å². The first-order chi connectivity index (χ1) is 26.4. The van der Waals surface area contributed by atoms with Crippen LogP contribution in [0.5, 0.6) is 0 Å². The van der Waals surface area contributed by atoms with Crippen molar-refractivity contribution in [2.24, 2.45) is 0 Å². The quantitative estimate of drug-likeness (QED) is 0.205. The van der Waals surface area contributed by atoms with Crippen LogP contribution in [0.4, 0.5) is 0 Å². The normalized spacial score (nSPS) is 14.7. The van der Waals surface area contributed by atoms with Gasteiger partial charge in [-0.2, -0.15) is 0 Å². The van der Waals surface area contributed by atoms with Crippen molar-refractivity contribution in [1.29, 1.82) is 0 Å². The van der Waals surface area contributed by atoms with Crippen LogP contribution in [0.2, 0.25) is 0 Å². The number of aromatic nitrogens is 2. The van der Waals surface area contributed by atoms with Crippen LogP contribution < -0.4 is 0 Å². The van der Waals surface area contributed by atoms with E-state index in [9.17, 15) is 2.74 Å². The summed E-state index contributed by atoms with van der Waals surface area (Å²) in [5.74, 6) is 0.266. The van der Waals surface area contributed by atoms with E-state index in [1.54, 1.807) is 6.07 Å². The third-order valence-electron chi connectivity index (χ3n) is 7.51. The molecule has 0 spiro atoms. The average molecular weight is 572 g/mol. The average Bonchev–Trinajstić information content (AvgIpc) is 3.22. The smallest absolute Gasteiger partial charge is 0.160 e. The van der Waals surface area contributed by atoms with Gasteiger partial charge in [0.1, 0.15) is 0 Å². The third-order valence-corrected chi connectivity index (χ3v) is 7.51. The first kappa shape index (κ1) is 16.7. The van der Waals surface area contributed by atoms with Crippen molar-refractivity contribution in [1.82, 2.24) is 9.97 Å². The number of nitrogens with zero attached hydrogens (tertiary/aromatic N) is 2. The Morgan fingerprint density at radius 3 is 1.68 bits per heavy atom. The van der Waals surface area contributed by atoms with Crippen LogP contribution >= 0.6 is 0 Å². The fourth-order valence-corrected chi connectivity index (χ4v) is 5.35. The van der Waals surface area contributed by atoms with E-state index in [2.05, 4.69) is 6.07 Å². The van der Waals surface area contributed by atoms with Crippen molar-refractivity contribution in [3.8, 4) is 56.2 Å². The molecule has 206 valence electrons. The zero-order chi connectivity index (χ0) is 38.9. The van der Waals surface area contributed by atoms with Gasteiger partial charge in [-0.25, -0.2) is 9.97 Å². The SMILES string of the molecule is [2H]c1c([2H])c([2H])c(-c2c([2H])c([2H])c(-c3cc(-c4ccc5cc(-c6ccccc6)ccc5c4)nc(-c4ccccc4)n3)c3c([2H])c([2H])c([2H])c([2H])c23)c([2H])c1[2H]. The minimum atomic E-state index is -0.681. The molecule has 8 rings (SSSR count). The molecule has 0 aliphatic heterocycles. The summed E-state index contributed by atoms with van der Waals surface area (Å²) >= 11 is 0. The third kappa shape index (κ3) is 4.83. The molecule has 2 nitrogen and oxygen atoms in total. The lowest BCUT2D eigenvalue weighted by Gasteiger charge is -2.14. The summed E-state index contributed by atoms with van der Waals surface area (Å²) in [4.78, 5) is 9.75. The second-order valence-electron chi connectivity index (χ2n) is 10.2. The van der Waals surface area contributed by atoms with Crippen LogP contribution in [0.3, 0.4) is 0 Å². The lowest BCUT2D eigenvalue weighted by molar-refractivity contribution is 1.19. The molecule has 1 heterocycles. The Labute approximate surface area is 272 Å². The molecule has 0 unspecified atom stereocenters. The minimum Gasteiger partial charge on any atom is -0.228 e. The number of benzene rings is 7. The van der Waals surface area contributed by atoms with Crippen LogP contribution in [0.1, 0.15) is 15.1 Å². The van der Waals surface area contributed by atoms with Gasteiger partial charge in [0.15, 0.2) is 5.82 Å². The van der Waals surface area contributed by atoms with Gasteiger partial charge in [-0.3, -0.25) is 0 Å². The van der Waals surface area contributed by atoms with Gasteiger partial charge in [0.05, 0.1) is 26.5 Å². The predicted molar refractivity (Wildman–Crippen MR) is 184 cm³/mol. The molecule has 44 heavy (non-hydrogen) atoms. The van der Waals surface area contributed by atoms with Crippen LogP contribution in [0, 0.1) is 0 Å². The van der Waals surface area contributed by atoms with Crippen LogP contribution in [-0.2, 0) is 0 Å². The Kier molecular flexibility index (Phi) is 4.21. The largest absolute Gasteiger partial charge is 0.228 e. The Morgan fingerprint density at radius 2 is 0.955 bits per heavy atom. The summed E-state index contributed by atoms with van der Waals surface area (Å²) in [6.45, 7) is 0. The summed E-state index contributed by atoms with van der Waals surface area (Å²) < 4.78 is 96.0. The number of fused-ring (bicyclic) bond motifs is 2. The highest BCUT2D eigenvalue weighted by Gasteiger charge is 2.15. The number of rotatable bonds is 5. The van der Waals surface area contributed by atoms with Crippen LogP contribution in [0.15, 0.2) is 170 Å². The molecular weight excluding hydrogens is 532 g/mol. The van der Waals surface area contributed by atoms with Gasteiger partial charge in [-0.1, -0.05) is 151 Å². The molecule has 0 fully saturated rings. The molecule has 8 aromatic rings. The molecule has 0 bridgehead atoms. The van der Waals surface area contributed by atoms with Gasteiger partial charge in [0.2, 0.25) is 0 Å². The monoisotopic (exact) mass is 571 g/mol. The maximum absolute atomic E-state index is 9.38. The van der Waals surface area contributed by atoms with E-state index >= 15 is 0 Å². The lowest BCUT2D eigenvalue weighted by atomic mass is 9.93. The molecule has 1 aromatic heterocycles. The molecule has 0 atom stereocenters. The van der Waals surface area contributed by atoms with Crippen molar-refractivity contribution < 1.29 is 15.1 Å². The summed E-state index contributed by atoms with van der Waals surface area (Å²) in [7, 11) is 0. The number of hydrogen-bond acceptors (Lipinski definition) is 2. The second-order valence-corrected chi connectivity index (χ2v) is 10.2. The molecule has 0 radical (unpaired) electrons. The highest BCUT2D eigenvalue weighted by atomic mass is 14.9. The van der Waals surface area contributed by atoms with Crippen molar-refractivity contribution in [2.45, 2.75) is 0 Å². The maximum Gasteiger partial charge on any atom is 0.160 e. The standard InChI is InChI=1S/C42H28N2/c1-4-12-29(13-5-1)32-20-21-34-27-35(23-22-33(34)26-32)40-28-41(44-42(43-40)31-16-8-3-9-17-31)39-25-24-36(30-14-6-2-7-15-30)37-18-10-11-19-38(37)39/h1-28H/i2D,6D,7D,10D,11D,14D,15D,18D,19D,24D,25D. The Bertz CT molecular complexity index is 2850. The van der Waals surface area contributed by atoms with E-state index in [1.165, 1.54) is 0 Å². The summed E-state index contributed by atoms with van der Waals surface area (Å²) in [5.41, 5.74) is 3.16. The van der Waals surface area contributed by atoms with Gasteiger partial charge >= 0.3 is 0 Å². The fraction of sp³-hybridized carbons (Fsp3) is 0. The Morgan fingerprint density at radius 1 is 0.386 bits per heavy atom. The highest BCUT2D eigenvalue weighted by molar-refractivity contribution is 6.04. The molecule has 0 saturated heterocycles. The van der Waals surface area contributed by atoms with Gasteiger partial charge in [0.25, 0.3) is 0 Å². The first-order valence-electron chi connectivity index (χ1n) is 19.5. The van der Waals surface area contributed by atoms with Crippen molar-refractivity contribution in [3.63, 3.8) is 0 Å². The van der Waals surface area contributed by atoms with E-state index < -0.39 is 72.0 Å². The highest BCUT2D eigenvalue weighted by Crippen LogP contribution is 2.37. The number of hydrogen-bond donors (Lipinski definition) is 0. The summed E-state index contributed by atoms with van der Waals surface area (Å²) in [5, 5.41) is 1.50. The predicted octanol–water partition coefficient (Wildman–Crippen LogP) is 11.1. The Balaban J connectivity index is 1.43. The van der Waals surface area contributed by atoms with Crippen molar-refractivity contribution in [2.75, 3.05) is 0 Å². The van der Waals surface area contributed by atoms with Gasteiger partial charge in [-0.05, 0) is 62.0 Å². The Hall–Kier alpha value is -5.86.